The van der Waals surface area contributed by atoms with Crippen LogP contribution < -0.4 is 15.5 Å². The first kappa shape index (κ1) is 21.8. The average molecular weight is 481 g/mol. The van der Waals surface area contributed by atoms with Gasteiger partial charge in [-0.05, 0) is 42.0 Å². The van der Waals surface area contributed by atoms with Gasteiger partial charge in [0.1, 0.15) is 5.82 Å². The number of carbonyl (C=O) groups is 1. The third-order valence-corrected chi connectivity index (χ3v) is 6.10. The van der Waals surface area contributed by atoms with Gasteiger partial charge in [-0.3, -0.25) is 15.4 Å². The van der Waals surface area contributed by atoms with Crippen molar-refractivity contribution in [2.45, 2.75) is 0 Å². The quantitative estimate of drug-likeness (QED) is 0.294. The molecule has 5 aromatic rings. The zero-order valence-corrected chi connectivity index (χ0v) is 19.4. The number of nitrogens with one attached hydrogen (secondary N) is 4. The van der Waals surface area contributed by atoms with Gasteiger partial charge in [0.05, 0.1) is 24.4 Å². The summed E-state index contributed by atoms with van der Waals surface area (Å²) in [6.45, 7) is 3.09. The Labute approximate surface area is 206 Å². The van der Waals surface area contributed by atoms with E-state index in [0.717, 1.165) is 52.3 Å². The van der Waals surface area contributed by atoms with Gasteiger partial charge >= 0.3 is 6.03 Å². The SMILES string of the molecule is O=C(Nc1ccc(-c2cc3c(N4CCOCC4)nccc3[nH]2)cc1)Nc1cc(-c2ccncc2)[nH]n1. The van der Waals surface area contributed by atoms with E-state index < -0.39 is 0 Å². The monoisotopic (exact) mass is 480 g/mol. The molecule has 36 heavy (non-hydrogen) atoms. The molecule has 1 aliphatic heterocycles. The van der Waals surface area contributed by atoms with E-state index >= 15 is 0 Å². The number of rotatable bonds is 5. The maximum Gasteiger partial charge on any atom is 0.324 e. The van der Waals surface area contributed by atoms with Crippen LogP contribution in [0.5, 0.6) is 0 Å². The van der Waals surface area contributed by atoms with Crippen LogP contribution in [0.2, 0.25) is 0 Å². The number of fused-ring (bicyclic) bond motifs is 1. The standard InChI is InChI=1S/C26H24N8O2/c35-26(31-24-16-23(32-33-24)18-5-8-27-9-6-18)29-19-3-1-17(2-4-19)22-15-20-21(30-22)7-10-28-25(20)34-11-13-36-14-12-34/h1-10,15-16,30H,11-14H2,(H3,29,31,32,33,35). The van der Waals surface area contributed by atoms with E-state index in [1.165, 1.54) is 0 Å². The number of benzene rings is 1. The Morgan fingerprint density at radius 1 is 0.889 bits per heavy atom. The van der Waals surface area contributed by atoms with E-state index in [1.807, 2.05) is 48.7 Å². The highest BCUT2D eigenvalue weighted by Gasteiger charge is 2.17. The van der Waals surface area contributed by atoms with Gasteiger partial charge in [-0.15, -0.1) is 0 Å². The highest BCUT2D eigenvalue weighted by Crippen LogP contribution is 2.30. The summed E-state index contributed by atoms with van der Waals surface area (Å²) < 4.78 is 5.48. The predicted molar refractivity (Wildman–Crippen MR) is 139 cm³/mol. The number of aromatic nitrogens is 5. The molecule has 10 heteroatoms. The number of pyridine rings is 2. The van der Waals surface area contributed by atoms with Gasteiger partial charge < -0.3 is 19.9 Å². The second-order valence-electron chi connectivity index (χ2n) is 8.44. The van der Waals surface area contributed by atoms with Crippen LogP contribution in [0.3, 0.4) is 0 Å². The lowest BCUT2D eigenvalue weighted by atomic mass is 10.1. The second kappa shape index (κ2) is 9.51. The summed E-state index contributed by atoms with van der Waals surface area (Å²) in [6, 6.07) is 16.9. The smallest absolute Gasteiger partial charge is 0.324 e. The van der Waals surface area contributed by atoms with E-state index in [2.05, 4.69) is 46.7 Å². The van der Waals surface area contributed by atoms with Crippen LogP contribution in [0.4, 0.5) is 22.1 Å². The van der Waals surface area contributed by atoms with E-state index in [4.69, 9.17) is 4.74 Å². The summed E-state index contributed by atoms with van der Waals surface area (Å²) >= 11 is 0. The van der Waals surface area contributed by atoms with E-state index in [9.17, 15) is 4.79 Å². The lowest BCUT2D eigenvalue weighted by Gasteiger charge is -2.28. The lowest BCUT2D eigenvalue weighted by molar-refractivity contribution is 0.122. The molecule has 0 aliphatic carbocycles. The molecule has 2 amide bonds. The molecule has 0 unspecified atom stereocenters. The minimum Gasteiger partial charge on any atom is -0.378 e. The summed E-state index contributed by atoms with van der Waals surface area (Å²) in [4.78, 5) is 26.9. The number of aromatic amines is 2. The number of amides is 2. The van der Waals surface area contributed by atoms with Crippen molar-refractivity contribution in [3.63, 3.8) is 0 Å². The number of hydrogen-bond donors (Lipinski definition) is 4. The van der Waals surface area contributed by atoms with E-state index in [0.29, 0.717) is 24.7 Å². The molecule has 1 saturated heterocycles. The van der Waals surface area contributed by atoms with Gasteiger partial charge in [0.25, 0.3) is 0 Å². The molecule has 0 saturated carbocycles. The summed E-state index contributed by atoms with van der Waals surface area (Å²) in [7, 11) is 0. The van der Waals surface area contributed by atoms with Gasteiger partial charge in [0, 0.05) is 60.1 Å². The van der Waals surface area contributed by atoms with Crippen molar-refractivity contribution in [1.29, 1.82) is 0 Å². The highest BCUT2D eigenvalue weighted by molar-refractivity contribution is 5.99. The van der Waals surface area contributed by atoms with Gasteiger partial charge in [-0.25, -0.2) is 9.78 Å². The molecule has 1 aromatic carbocycles. The van der Waals surface area contributed by atoms with Crippen LogP contribution in [0.15, 0.2) is 73.2 Å². The Hall–Kier alpha value is -4.70. The van der Waals surface area contributed by atoms with E-state index in [-0.39, 0.29) is 6.03 Å². The highest BCUT2D eigenvalue weighted by atomic mass is 16.5. The molecule has 10 nitrogen and oxygen atoms in total. The predicted octanol–water partition coefficient (Wildman–Crippen LogP) is 4.50. The van der Waals surface area contributed by atoms with Crippen molar-refractivity contribution in [3.8, 4) is 22.5 Å². The van der Waals surface area contributed by atoms with Crippen molar-refractivity contribution in [2.75, 3.05) is 41.8 Å². The van der Waals surface area contributed by atoms with Crippen LogP contribution in [0, 0.1) is 0 Å². The van der Waals surface area contributed by atoms with Crippen molar-refractivity contribution < 1.29 is 9.53 Å². The minimum absolute atomic E-state index is 0.373. The van der Waals surface area contributed by atoms with Crippen molar-refractivity contribution in [1.82, 2.24) is 25.1 Å². The Morgan fingerprint density at radius 3 is 2.47 bits per heavy atom. The summed E-state index contributed by atoms with van der Waals surface area (Å²) in [5.41, 5.74) is 5.44. The fourth-order valence-corrected chi connectivity index (χ4v) is 4.30. The number of urea groups is 1. The Kier molecular flexibility index (Phi) is 5.76. The molecule has 1 fully saturated rings. The van der Waals surface area contributed by atoms with Crippen LogP contribution in [0.1, 0.15) is 0 Å². The summed E-state index contributed by atoms with van der Waals surface area (Å²) in [5.74, 6) is 1.40. The number of hydrogen-bond acceptors (Lipinski definition) is 6. The first-order valence-electron chi connectivity index (χ1n) is 11.7. The van der Waals surface area contributed by atoms with Gasteiger partial charge in [-0.2, -0.15) is 5.10 Å². The van der Waals surface area contributed by atoms with E-state index in [1.54, 1.807) is 18.5 Å². The third-order valence-electron chi connectivity index (χ3n) is 6.10. The molecule has 0 atom stereocenters. The molecule has 0 bridgehead atoms. The van der Waals surface area contributed by atoms with Crippen LogP contribution >= 0.6 is 0 Å². The summed E-state index contributed by atoms with van der Waals surface area (Å²) in [5, 5.41) is 13.7. The normalized spacial score (nSPS) is 13.6. The second-order valence-corrected chi connectivity index (χ2v) is 8.44. The first-order chi connectivity index (χ1) is 17.7. The molecule has 4 N–H and O–H groups in total. The van der Waals surface area contributed by atoms with Crippen molar-refractivity contribution in [3.05, 3.63) is 73.2 Å². The molecule has 0 spiro atoms. The Morgan fingerprint density at radius 2 is 1.67 bits per heavy atom. The summed E-state index contributed by atoms with van der Waals surface area (Å²) in [6.07, 6.45) is 5.24. The zero-order chi connectivity index (χ0) is 24.3. The fraction of sp³-hybridized carbons (Fsp3) is 0.154. The number of morpholine rings is 1. The fourth-order valence-electron chi connectivity index (χ4n) is 4.30. The first-order valence-corrected chi connectivity index (χ1v) is 11.7. The zero-order valence-electron chi connectivity index (χ0n) is 19.4. The lowest BCUT2D eigenvalue weighted by Crippen LogP contribution is -2.36. The third kappa shape index (κ3) is 4.49. The molecule has 6 rings (SSSR count). The largest absolute Gasteiger partial charge is 0.378 e. The van der Waals surface area contributed by atoms with Gasteiger partial charge in [-0.1, -0.05) is 12.1 Å². The molecule has 4 aromatic heterocycles. The Balaban J connectivity index is 1.14. The molecule has 1 aliphatic rings. The van der Waals surface area contributed by atoms with Crippen molar-refractivity contribution in [2.24, 2.45) is 0 Å². The molecular weight excluding hydrogens is 456 g/mol. The van der Waals surface area contributed by atoms with Crippen LogP contribution in [-0.2, 0) is 4.74 Å². The van der Waals surface area contributed by atoms with Crippen LogP contribution in [-0.4, -0.2) is 57.5 Å². The number of carbonyl (C=O) groups excluding carboxylic acids is 1. The number of anilines is 3. The minimum atomic E-state index is -0.373. The van der Waals surface area contributed by atoms with Gasteiger partial charge in [0.15, 0.2) is 5.82 Å². The van der Waals surface area contributed by atoms with Gasteiger partial charge in [0.2, 0.25) is 0 Å². The molecule has 180 valence electrons. The Bertz CT molecular complexity index is 1490. The number of nitrogens with zero attached hydrogens (tertiary/aromatic N) is 4. The van der Waals surface area contributed by atoms with Crippen LogP contribution in [0.25, 0.3) is 33.4 Å². The maximum atomic E-state index is 12.5. The number of H-pyrrole nitrogens is 2. The molecular formula is C26H24N8O2. The topological polar surface area (TPSA) is 124 Å². The average Bonchev–Trinajstić information content (AvgIpc) is 3.57. The molecule has 5 heterocycles. The molecule has 0 radical (unpaired) electrons. The number of ether oxygens (including phenoxy) is 1. The maximum absolute atomic E-state index is 12.5. The van der Waals surface area contributed by atoms with Crippen molar-refractivity contribution >= 4 is 34.3 Å².